The fraction of sp³-hybridized carbons (Fsp3) is 0.0200. The molecule has 2 aromatic heterocycles. The van der Waals surface area contributed by atoms with Gasteiger partial charge in [-0.3, -0.25) is 4.57 Å². The van der Waals surface area contributed by atoms with E-state index < -0.39 is 0 Å². The molecular formula is C50H30N2O. The van der Waals surface area contributed by atoms with Crippen molar-refractivity contribution in [3.05, 3.63) is 204 Å². The first-order valence-corrected chi connectivity index (χ1v) is 18.2. The summed E-state index contributed by atoms with van der Waals surface area (Å²) in [5.41, 5.74) is 18.3. The van der Waals surface area contributed by atoms with Gasteiger partial charge < -0.3 is 4.42 Å². The smallest absolute Gasteiger partial charge is 0.145 e. The van der Waals surface area contributed by atoms with Gasteiger partial charge in [-0.05, 0) is 86.5 Å². The lowest BCUT2D eigenvalue weighted by atomic mass is 9.70. The molecule has 246 valence electrons. The fourth-order valence-corrected chi connectivity index (χ4v) is 9.46. The molecule has 10 aromatic rings. The first-order chi connectivity index (χ1) is 26.3. The highest BCUT2D eigenvalue weighted by molar-refractivity contribution is 6.13. The van der Waals surface area contributed by atoms with Gasteiger partial charge in [0.1, 0.15) is 17.0 Å². The van der Waals surface area contributed by atoms with Gasteiger partial charge in [-0.25, -0.2) is 4.98 Å². The number of aromatic nitrogens is 2. The van der Waals surface area contributed by atoms with Crippen molar-refractivity contribution in [3.63, 3.8) is 0 Å². The highest BCUT2D eigenvalue weighted by Gasteiger charge is 2.52. The minimum Gasteiger partial charge on any atom is -0.455 e. The number of rotatable bonds is 3. The first-order valence-electron chi connectivity index (χ1n) is 18.2. The molecule has 0 bridgehead atoms. The van der Waals surface area contributed by atoms with E-state index in [0.29, 0.717) is 0 Å². The van der Waals surface area contributed by atoms with Crippen molar-refractivity contribution in [2.45, 2.75) is 5.41 Å². The normalized spacial score (nSPS) is 13.4. The number of nitrogens with zero attached hydrogens (tertiary/aromatic N) is 2. The number of hydrogen-bond acceptors (Lipinski definition) is 2. The van der Waals surface area contributed by atoms with Crippen LogP contribution in [0.15, 0.2) is 186 Å². The molecule has 0 atom stereocenters. The van der Waals surface area contributed by atoms with Gasteiger partial charge in [-0.15, -0.1) is 0 Å². The molecule has 3 heteroatoms. The van der Waals surface area contributed by atoms with E-state index in [1.54, 1.807) is 0 Å². The summed E-state index contributed by atoms with van der Waals surface area (Å²) in [7, 11) is 0. The van der Waals surface area contributed by atoms with Crippen LogP contribution in [0.1, 0.15) is 22.3 Å². The van der Waals surface area contributed by atoms with Crippen molar-refractivity contribution in [1.82, 2.24) is 9.55 Å². The molecule has 0 amide bonds. The number of furan rings is 1. The van der Waals surface area contributed by atoms with Crippen LogP contribution in [0.3, 0.4) is 0 Å². The zero-order valence-corrected chi connectivity index (χ0v) is 28.6. The summed E-state index contributed by atoms with van der Waals surface area (Å²) in [6, 6.07) is 65.6. The lowest BCUT2D eigenvalue weighted by Crippen LogP contribution is -2.25. The molecule has 2 aliphatic carbocycles. The first kappa shape index (κ1) is 28.7. The van der Waals surface area contributed by atoms with Crippen LogP contribution < -0.4 is 0 Å². The van der Waals surface area contributed by atoms with Crippen molar-refractivity contribution in [2.24, 2.45) is 0 Å². The molecule has 53 heavy (non-hydrogen) atoms. The van der Waals surface area contributed by atoms with Crippen LogP contribution in [0, 0.1) is 0 Å². The summed E-state index contributed by atoms with van der Waals surface area (Å²) in [4.78, 5) is 5.07. The molecular weight excluding hydrogens is 645 g/mol. The molecule has 3 nitrogen and oxygen atoms in total. The quantitative estimate of drug-likeness (QED) is 0.187. The highest BCUT2D eigenvalue weighted by Crippen LogP contribution is 2.64. The van der Waals surface area contributed by atoms with Crippen molar-refractivity contribution in [2.75, 3.05) is 0 Å². The van der Waals surface area contributed by atoms with E-state index in [4.69, 9.17) is 9.40 Å². The molecule has 0 aliphatic heterocycles. The van der Waals surface area contributed by atoms with Crippen molar-refractivity contribution >= 4 is 33.0 Å². The Kier molecular flexibility index (Phi) is 5.70. The summed E-state index contributed by atoms with van der Waals surface area (Å²) in [6.07, 6.45) is 0. The Morgan fingerprint density at radius 1 is 0.453 bits per heavy atom. The number of para-hydroxylation sites is 3. The van der Waals surface area contributed by atoms with Gasteiger partial charge in [-0.1, -0.05) is 146 Å². The average Bonchev–Trinajstić information content (AvgIpc) is 3.96. The van der Waals surface area contributed by atoms with Crippen molar-refractivity contribution in [3.8, 4) is 50.5 Å². The Morgan fingerprint density at radius 2 is 1.04 bits per heavy atom. The molecule has 2 heterocycles. The predicted molar refractivity (Wildman–Crippen MR) is 216 cm³/mol. The summed E-state index contributed by atoms with van der Waals surface area (Å²) in [6.45, 7) is 0. The minimum absolute atomic E-state index is 0.389. The van der Waals surface area contributed by atoms with Gasteiger partial charge in [0.15, 0.2) is 0 Å². The second-order valence-corrected chi connectivity index (χ2v) is 14.2. The summed E-state index contributed by atoms with van der Waals surface area (Å²) < 4.78 is 9.22. The number of imidazole rings is 1. The standard InChI is InChI=1S/C50H30N2O/c1-2-12-34(13-3-1)52-45-21-11-10-20-44(45)51-49(52)32-24-22-31(23-25-32)33-26-27-37-38-28-29-43-47(48(38)53-46(37)30-33)39-16-6-9-19-42(39)50(43)40-17-7-4-14-35(40)36-15-5-8-18-41(36)50/h1-30H. The molecule has 0 radical (unpaired) electrons. The Balaban J connectivity index is 1.00. The lowest BCUT2D eigenvalue weighted by molar-refractivity contribution is 0.669. The zero-order valence-electron chi connectivity index (χ0n) is 28.6. The number of benzene rings is 8. The Morgan fingerprint density at radius 3 is 1.79 bits per heavy atom. The van der Waals surface area contributed by atoms with Crippen LogP contribution in [0.2, 0.25) is 0 Å². The number of fused-ring (bicyclic) bond motifs is 15. The topological polar surface area (TPSA) is 31.0 Å². The minimum atomic E-state index is -0.389. The Bertz CT molecular complexity index is 3060. The third-order valence-corrected chi connectivity index (χ3v) is 11.6. The van der Waals surface area contributed by atoms with E-state index in [9.17, 15) is 0 Å². The van der Waals surface area contributed by atoms with Gasteiger partial charge in [0.25, 0.3) is 0 Å². The highest BCUT2D eigenvalue weighted by atomic mass is 16.3. The zero-order chi connectivity index (χ0) is 34.7. The van der Waals surface area contributed by atoms with E-state index in [1.165, 1.54) is 44.5 Å². The van der Waals surface area contributed by atoms with E-state index in [1.807, 2.05) is 12.1 Å². The molecule has 0 saturated carbocycles. The second kappa shape index (κ2) is 10.5. The van der Waals surface area contributed by atoms with Crippen LogP contribution in [0.4, 0.5) is 0 Å². The van der Waals surface area contributed by atoms with Crippen LogP contribution in [0.5, 0.6) is 0 Å². The third-order valence-electron chi connectivity index (χ3n) is 11.6. The average molecular weight is 675 g/mol. The van der Waals surface area contributed by atoms with Gasteiger partial charge in [-0.2, -0.15) is 0 Å². The van der Waals surface area contributed by atoms with Gasteiger partial charge in [0, 0.05) is 27.6 Å². The molecule has 0 N–H and O–H groups in total. The van der Waals surface area contributed by atoms with Crippen molar-refractivity contribution < 1.29 is 4.42 Å². The SMILES string of the molecule is c1ccc(-n2c(-c3ccc(-c4ccc5c(c4)oc4c6c(ccc45)C4(c5ccccc5-c5ccccc54)c4ccccc4-6)cc3)nc3ccccc32)cc1. The molecule has 0 fully saturated rings. The van der Waals surface area contributed by atoms with E-state index in [-0.39, 0.29) is 5.41 Å². The second-order valence-electron chi connectivity index (χ2n) is 14.2. The third kappa shape index (κ3) is 3.75. The molecule has 1 spiro atoms. The largest absolute Gasteiger partial charge is 0.455 e. The molecule has 0 saturated heterocycles. The predicted octanol–water partition coefficient (Wildman–Crippen LogP) is 12.6. The maximum atomic E-state index is 6.97. The summed E-state index contributed by atoms with van der Waals surface area (Å²) in [5.74, 6) is 0.927. The van der Waals surface area contributed by atoms with Crippen LogP contribution in [-0.2, 0) is 5.41 Å². The van der Waals surface area contributed by atoms with Crippen molar-refractivity contribution in [1.29, 1.82) is 0 Å². The van der Waals surface area contributed by atoms with Crippen LogP contribution in [-0.4, -0.2) is 9.55 Å². The molecule has 0 unspecified atom stereocenters. The maximum Gasteiger partial charge on any atom is 0.145 e. The summed E-state index contributed by atoms with van der Waals surface area (Å²) in [5, 5.41) is 2.28. The van der Waals surface area contributed by atoms with E-state index in [2.05, 4.69) is 174 Å². The van der Waals surface area contributed by atoms with Crippen LogP contribution in [0.25, 0.3) is 83.4 Å². The maximum absolute atomic E-state index is 6.97. The Labute approximate surface area is 306 Å². The van der Waals surface area contributed by atoms with Gasteiger partial charge in [0.2, 0.25) is 0 Å². The molecule has 2 aliphatic rings. The molecule has 12 rings (SSSR count). The molecule has 8 aromatic carbocycles. The monoisotopic (exact) mass is 674 g/mol. The van der Waals surface area contributed by atoms with E-state index in [0.717, 1.165) is 61.2 Å². The van der Waals surface area contributed by atoms with E-state index >= 15 is 0 Å². The number of hydrogen-bond donors (Lipinski definition) is 0. The Hall–Kier alpha value is -6.97. The van der Waals surface area contributed by atoms with Gasteiger partial charge in [0.05, 0.1) is 16.4 Å². The van der Waals surface area contributed by atoms with Gasteiger partial charge >= 0.3 is 0 Å². The lowest BCUT2D eigenvalue weighted by Gasteiger charge is -2.30. The summed E-state index contributed by atoms with van der Waals surface area (Å²) >= 11 is 0. The van der Waals surface area contributed by atoms with Crippen LogP contribution >= 0.6 is 0 Å². The fourth-order valence-electron chi connectivity index (χ4n) is 9.46.